The Bertz CT molecular complexity index is 1280. The lowest BCUT2D eigenvalue weighted by atomic mass is 9.68. The second-order valence-corrected chi connectivity index (χ2v) is 9.74. The second kappa shape index (κ2) is 8.34. The molecule has 0 bridgehead atoms. The van der Waals surface area contributed by atoms with E-state index in [0.29, 0.717) is 29.8 Å². The summed E-state index contributed by atoms with van der Waals surface area (Å²) in [5.74, 6) is -0.438. The fraction of sp³-hybridized carbons (Fsp3) is 0.308. The summed E-state index contributed by atoms with van der Waals surface area (Å²) in [7, 11) is 3.89. The number of non-ortho nitro benzene ring substituents is 1. The average molecular weight is 458 g/mol. The zero-order valence-electron chi connectivity index (χ0n) is 19.7. The van der Waals surface area contributed by atoms with E-state index in [1.165, 1.54) is 12.1 Å². The lowest BCUT2D eigenvalue weighted by Crippen LogP contribution is -2.42. The fourth-order valence-corrected chi connectivity index (χ4v) is 4.85. The predicted octanol–water partition coefficient (Wildman–Crippen LogP) is 4.60. The first-order chi connectivity index (χ1) is 16.0. The average Bonchev–Trinajstić information content (AvgIpc) is 2.77. The number of nitriles is 1. The Morgan fingerprint density at radius 1 is 1.18 bits per heavy atom. The minimum absolute atomic E-state index is 0.0383. The third-order valence-electron chi connectivity index (χ3n) is 6.42. The number of ketones is 1. The summed E-state index contributed by atoms with van der Waals surface area (Å²) in [6, 6.07) is 16.1. The van der Waals surface area contributed by atoms with E-state index >= 15 is 0 Å². The van der Waals surface area contributed by atoms with Crippen LogP contribution in [0.2, 0.25) is 0 Å². The van der Waals surface area contributed by atoms with Gasteiger partial charge in [0, 0.05) is 49.6 Å². The first kappa shape index (κ1) is 23.1. The van der Waals surface area contributed by atoms with Crippen LogP contribution < -0.4 is 15.5 Å². The monoisotopic (exact) mass is 457 g/mol. The first-order valence-corrected chi connectivity index (χ1v) is 11.0. The highest BCUT2D eigenvalue weighted by Gasteiger charge is 2.44. The molecule has 174 valence electrons. The predicted molar refractivity (Wildman–Crippen MR) is 131 cm³/mol. The molecule has 0 fully saturated rings. The van der Waals surface area contributed by atoms with Crippen molar-refractivity contribution in [2.24, 2.45) is 11.1 Å². The molecule has 0 spiro atoms. The van der Waals surface area contributed by atoms with Crippen molar-refractivity contribution in [3.05, 3.63) is 86.9 Å². The van der Waals surface area contributed by atoms with Gasteiger partial charge in [0.05, 0.1) is 28.2 Å². The van der Waals surface area contributed by atoms with Gasteiger partial charge in [-0.05, 0) is 35.6 Å². The normalized spacial score (nSPS) is 19.6. The lowest BCUT2D eigenvalue weighted by molar-refractivity contribution is -0.384. The number of Topliss-reactive ketones (excluding diaryl/α,β-unsaturated/α-hetero) is 1. The maximum absolute atomic E-state index is 13.5. The Kier molecular flexibility index (Phi) is 5.65. The number of allylic oxidation sites excluding steroid dienone is 3. The molecule has 8 nitrogen and oxygen atoms in total. The fourth-order valence-electron chi connectivity index (χ4n) is 4.85. The molecule has 4 rings (SSSR count). The number of carbonyl (C=O) groups excluding carboxylic acids is 1. The van der Waals surface area contributed by atoms with Crippen molar-refractivity contribution in [1.29, 1.82) is 5.26 Å². The zero-order chi connectivity index (χ0) is 24.8. The molecule has 1 heterocycles. The van der Waals surface area contributed by atoms with Crippen LogP contribution >= 0.6 is 0 Å². The van der Waals surface area contributed by atoms with Crippen LogP contribution in [0.5, 0.6) is 0 Å². The number of hydrogen-bond donors (Lipinski definition) is 1. The van der Waals surface area contributed by atoms with Gasteiger partial charge in [0.1, 0.15) is 5.82 Å². The summed E-state index contributed by atoms with van der Waals surface area (Å²) in [5, 5.41) is 21.6. The topological polar surface area (TPSA) is 116 Å². The van der Waals surface area contributed by atoms with Crippen LogP contribution in [0.15, 0.2) is 71.2 Å². The van der Waals surface area contributed by atoms with Gasteiger partial charge in [-0.2, -0.15) is 5.26 Å². The first-order valence-electron chi connectivity index (χ1n) is 11.0. The summed E-state index contributed by atoms with van der Waals surface area (Å²) >= 11 is 0. The van der Waals surface area contributed by atoms with E-state index in [-0.39, 0.29) is 28.3 Å². The number of rotatable bonds is 4. The van der Waals surface area contributed by atoms with Gasteiger partial charge < -0.3 is 10.6 Å². The van der Waals surface area contributed by atoms with Gasteiger partial charge in [0.2, 0.25) is 0 Å². The molecule has 2 aliphatic rings. The molecule has 0 aromatic heterocycles. The Morgan fingerprint density at radius 2 is 1.85 bits per heavy atom. The van der Waals surface area contributed by atoms with Gasteiger partial charge in [0.15, 0.2) is 5.78 Å². The van der Waals surface area contributed by atoms with Gasteiger partial charge in [-0.25, -0.2) is 0 Å². The van der Waals surface area contributed by atoms with E-state index in [1.807, 2.05) is 57.1 Å². The highest BCUT2D eigenvalue weighted by atomic mass is 16.6. The number of carbonyl (C=O) groups is 1. The second-order valence-electron chi connectivity index (χ2n) is 9.74. The third kappa shape index (κ3) is 3.90. The van der Waals surface area contributed by atoms with Crippen LogP contribution in [-0.4, -0.2) is 24.8 Å². The minimum atomic E-state index is -0.588. The van der Waals surface area contributed by atoms with Crippen molar-refractivity contribution in [2.75, 3.05) is 23.9 Å². The molecule has 34 heavy (non-hydrogen) atoms. The van der Waals surface area contributed by atoms with Gasteiger partial charge in [0.25, 0.3) is 5.69 Å². The van der Waals surface area contributed by atoms with E-state index in [2.05, 4.69) is 6.07 Å². The summed E-state index contributed by atoms with van der Waals surface area (Å²) in [4.78, 5) is 28.1. The quantitative estimate of drug-likeness (QED) is 0.527. The summed E-state index contributed by atoms with van der Waals surface area (Å²) in [6.45, 7) is 4.03. The number of nitro groups is 1. The van der Waals surface area contributed by atoms with Crippen molar-refractivity contribution in [1.82, 2.24) is 0 Å². The van der Waals surface area contributed by atoms with E-state index < -0.39 is 10.8 Å². The molecule has 0 saturated heterocycles. The highest BCUT2D eigenvalue weighted by molar-refractivity contribution is 6.01. The molecular weight excluding hydrogens is 430 g/mol. The molecule has 2 aromatic carbocycles. The van der Waals surface area contributed by atoms with Crippen LogP contribution in [0.1, 0.15) is 38.2 Å². The van der Waals surface area contributed by atoms with E-state index in [0.717, 1.165) is 11.3 Å². The molecule has 2 N–H and O–H groups in total. The molecular formula is C26H27N5O3. The van der Waals surface area contributed by atoms with Crippen molar-refractivity contribution in [3.63, 3.8) is 0 Å². The lowest BCUT2D eigenvalue weighted by Gasteiger charge is -2.43. The number of benzene rings is 2. The van der Waals surface area contributed by atoms with Gasteiger partial charge in [-0.1, -0.05) is 32.0 Å². The van der Waals surface area contributed by atoms with Gasteiger partial charge in [-0.3, -0.25) is 19.8 Å². The number of hydrogen-bond acceptors (Lipinski definition) is 7. The van der Waals surface area contributed by atoms with Crippen LogP contribution in [0.3, 0.4) is 0 Å². The van der Waals surface area contributed by atoms with Gasteiger partial charge >= 0.3 is 0 Å². The standard InChI is InChI=1S/C26H27N5O3/c1-26(2)13-21-24(22(32)14-26)23(16-8-10-17(11-9-16)29(3)4)20(15-27)25(28)30(21)18-6-5-7-19(12-18)31(33)34/h5-12,23H,13-14,28H2,1-4H3. The number of nitrogens with two attached hydrogens (primary N) is 1. The van der Waals surface area contributed by atoms with E-state index in [4.69, 9.17) is 5.73 Å². The molecule has 1 aliphatic heterocycles. The van der Waals surface area contributed by atoms with Gasteiger partial charge in [-0.15, -0.1) is 0 Å². The Hall–Kier alpha value is -4.12. The minimum Gasteiger partial charge on any atom is -0.384 e. The van der Waals surface area contributed by atoms with Crippen LogP contribution in [0.4, 0.5) is 17.1 Å². The van der Waals surface area contributed by atoms with Crippen LogP contribution in [0.25, 0.3) is 0 Å². The molecule has 0 radical (unpaired) electrons. The smallest absolute Gasteiger partial charge is 0.271 e. The van der Waals surface area contributed by atoms with Crippen molar-refractivity contribution in [2.45, 2.75) is 32.6 Å². The van der Waals surface area contributed by atoms with Crippen molar-refractivity contribution >= 4 is 22.8 Å². The van der Waals surface area contributed by atoms with Crippen LogP contribution in [-0.2, 0) is 4.79 Å². The molecule has 0 saturated carbocycles. The highest BCUT2D eigenvalue weighted by Crippen LogP contribution is 2.50. The molecule has 0 amide bonds. The Morgan fingerprint density at radius 3 is 2.44 bits per heavy atom. The number of nitro benzene ring substituents is 1. The van der Waals surface area contributed by atoms with E-state index in [9.17, 15) is 20.2 Å². The Balaban J connectivity index is 1.96. The molecule has 1 aliphatic carbocycles. The zero-order valence-corrected chi connectivity index (χ0v) is 19.7. The Labute approximate surface area is 198 Å². The molecule has 8 heteroatoms. The maximum Gasteiger partial charge on any atom is 0.271 e. The molecule has 2 aromatic rings. The summed E-state index contributed by atoms with van der Waals surface area (Å²) < 4.78 is 0. The van der Waals surface area contributed by atoms with Crippen LogP contribution in [0, 0.1) is 26.9 Å². The van der Waals surface area contributed by atoms with E-state index in [1.54, 1.807) is 17.0 Å². The third-order valence-corrected chi connectivity index (χ3v) is 6.42. The summed E-state index contributed by atoms with van der Waals surface area (Å²) in [6.07, 6.45) is 0.891. The SMILES string of the molecule is CN(C)c1ccc(C2C(C#N)=C(N)N(c3cccc([N+](=O)[O-])c3)C3=C2C(=O)CC(C)(C)C3)cc1. The maximum atomic E-state index is 13.5. The number of anilines is 2. The molecule has 1 atom stereocenters. The van der Waals surface area contributed by atoms with Crippen molar-refractivity contribution in [3.8, 4) is 6.07 Å². The largest absolute Gasteiger partial charge is 0.384 e. The summed E-state index contributed by atoms with van der Waals surface area (Å²) in [5.41, 5.74) is 9.94. The number of nitrogens with zero attached hydrogens (tertiary/aromatic N) is 4. The molecule has 1 unspecified atom stereocenters. The van der Waals surface area contributed by atoms with Crippen molar-refractivity contribution < 1.29 is 9.72 Å².